The molecule has 1 rings (SSSR count). The first kappa shape index (κ1) is 29.2. The van der Waals surface area contributed by atoms with Crippen LogP contribution in [0.15, 0.2) is 66.8 Å². The van der Waals surface area contributed by atoms with Crippen LogP contribution >= 0.6 is 0 Å². The Balaban J connectivity index is 2.45. The fourth-order valence-electron chi connectivity index (χ4n) is 3.36. The van der Waals surface area contributed by atoms with Crippen molar-refractivity contribution in [2.45, 2.75) is 43.9 Å². The third kappa shape index (κ3) is 10.4. The molecule has 0 aromatic heterocycles. The number of aliphatic hydroxyl groups excluding tert-OH is 1. The van der Waals surface area contributed by atoms with Gasteiger partial charge in [-0.05, 0) is 36.5 Å². The summed E-state index contributed by atoms with van der Waals surface area (Å²) in [5.41, 5.74) is 12.8. The van der Waals surface area contributed by atoms with Crippen molar-refractivity contribution in [3.63, 3.8) is 0 Å². The molecule has 0 aliphatic carbocycles. The summed E-state index contributed by atoms with van der Waals surface area (Å²) in [5.74, 6) is -2.41. The minimum Gasteiger partial charge on any atom is -0.382 e. The van der Waals surface area contributed by atoms with Gasteiger partial charge in [0.15, 0.2) is 0 Å². The predicted octanol–water partition coefficient (Wildman–Crippen LogP) is 2.22. The summed E-state index contributed by atoms with van der Waals surface area (Å²) < 4.78 is 26.4. The van der Waals surface area contributed by atoms with E-state index in [4.69, 9.17) is 11.5 Å². The zero-order chi connectivity index (χ0) is 25.8. The number of carbonyl (C=O) groups is 2. The van der Waals surface area contributed by atoms with Crippen LogP contribution in [0.4, 0.5) is 8.78 Å². The fourth-order valence-corrected chi connectivity index (χ4v) is 3.36. The molecule has 3 unspecified atom stereocenters. The Morgan fingerprint density at radius 3 is 2.21 bits per heavy atom. The van der Waals surface area contributed by atoms with E-state index in [1.54, 1.807) is 14.1 Å². The van der Waals surface area contributed by atoms with E-state index >= 15 is 0 Å². The summed E-state index contributed by atoms with van der Waals surface area (Å²) in [7, 11) is 3.16. The van der Waals surface area contributed by atoms with Gasteiger partial charge in [-0.25, -0.2) is 8.78 Å². The maximum absolute atomic E-state index is 13.4. The maximum Gasteiger partial charge on any atom is 0.252 e. The second kappa shape index (κ2) is 14.4. The number of nitrogens with two attached hydrogens (primary N) is 2. The number of aliphatic hydroxyl groups is 1. The molecule has 7 nitrogen and oxygen atoms in total. The van der Waals surface area contributed by atoms with E-state index in [1.807, 2.05) is 30.3 Å². The lowest BCUT2D eigenvalue weighted by Gasteiger charge is -2.25. The van der Waals surface area contributed by atoms with E-state index < -0.39 is 35.7 Å². The highest BCUT2D eigenvalue weighted by Gasteiger charge is 2.26. The van der Waals surface area contributed by atoms with Gasteiger partial charge < -0.3 is 26.4 Å². The molecule has 3 atom stereocenters. The third-order valence-corrected chi connectivity index (χ3v) is 5.36. The van der Waals surface area contributed by atoms with Crippen LogP contribution < -0.4 is 11.5 Å². The molecule has 0 spiro atoms. The van der Waals surface area contributed by atoms with Crippen LogP contribution in [-0.2, 0) is 16.0 Å². The zero-order valence-corrected chi connectivity index (χ0v) is 19.9. The van der Waals surface area contributed by atoms with Crippen molar-refractivity contribution in [3.8, 4) is 0 Å². The summed E-state index contributed by atoms with van der Waals surface area (Å²) >= 11 is 0. The van der Waals surface area contributed by atoms with Crippen LogP contribution in [0.3, 0.4) is 0 Å². The highest BCUT2D eigenvalue weighted by molar-refractivity contribution is 5.81. The first-order valence-electron chi connectivity index (χ1n) is 11.0. The molecule has 2 amide bonds. The number of nitrogens with zero attached hydrogens (tertiary/aromatic N) is 2. The van der Waals surface area contributed by atoms with Crippen molar-refractivity contribution < 1.29 is 23.5 Å². The molecule has 188 valence electrons. The molecular formula is C25H36F2N4O3. The van der Waals surface area contributed by atoms with Crippen molar-refractivity contribution >= 4 is 11.8 Å². The van der Waals surface area contributed by atoms with Crippen LogP contribution in [0.1, 0.15) is 24.8 Å². The first-order valence-corrected chi connectivity index (χ1v) is 11.0. The van der Waals surface area contributed by atoms with E-state index in [0.717, 1.165) is 11.6 Å². The summed E-state index contributed by atoms with van der Waals surface area (Å²) in [6, 6.07) is 7.89. The van der Waals surface area contributed by atoms with Crippen LogP contribution in [0.5, 0.6) is 0 Å². The highest BCUT2D eigenvalue weighted by atomic mass is 19.1. The number of carbonyl (C=O) groups excluding carboxylic acids is 2. The molecule has 1 aromatic carbocycles. The lowest BCUT2D eigenvalue weighted by molar-refractivity contribution is -0.139. The number of benzene rings is 1. The summed E-state index contributed by atoms with van der Waals surface area (Å²) in [4.78, 5) is 27.7. The van der Waals surface area contributed by atoms with Gasteiger partial charge in [0.25, 0.3) is 5.91 Å². The first-order chi connectivity index (χ1) is 15.9. The Labute approximate surface area is 200 Å². The molecule has 0 radical (unpaired) electrons. The molecule has 0 saturated carbocycles. The number of hydrogen-bond acceptors (Lipinski definition) is 5. The minimum absolute atomic E-state index is 0.0420. The van der Waals surface area contributed by atoms with Gasteiger partial charge in [-0.2, -0.15) is 0 Å². The zero-order valence-electron chi connectivity index (χ0n) is 19.9. The Morgan fingerprint density at radius 2 is 1.65 bits per heavy atom. The van der Waals surface area contributed by atoms with Crippen LogP contribution in [0.2, 0.25) is 0 Å². The highest BCUT2D eigenvalue weighted by Crippen LogP contribution is 2.19. The second-order valence-corrected chi connectivity index (χ2v) is 8.42. The number of amides is 2. The Bertz CT molecular complexity index is 876. The molecule has 1 aromatic rings. The van der Waals surface area contributed by atoms with E-state index in [0.29, 0.717) is 25.9 Å². The van der Waals surface area contributed by atoms with Crippen molar-refractivity contribution in [1.82, 2.24) is 9.80 Å². The third-order valence-electron chi connectivity index (χ3n) is 5.36. The summed E-state index contributed by atoms with van der Waals surface area (Å²) in [5, 5.41) is 10.3. The minimum atomic E-state index is -1.34. The molecule has 5 N–H and O–H groups in total. The molecule has 9 heteroatoms. The number of allylic oxidation sites excluding steroid dienone is 3. The fraction of sp³-hybridized carbons (Fsp3) is 0.440. The maximum atomic E-state index is 13.4. The number of hydrogen-bond donors (Lipinski definition) is 3. The summed E-state index contributed by atoms with van der Waals surface area (Å²) in [6.07, 6.45) is 0.275. The number of likely N-dealkylation sites (N-methyl/N-ethyl adjacent to an activating group) is 1. The van der Waals surface area contributed by atoms with E-state index in [1.165, 1.54) is 9.80 Å². The SMILES string of the molecule is C=C(F)/C=C(/CC(N)CC(=O)N(C)CCCN(C)C(=O)C(O)C(N)Cc1ccccc1)C(=C)F. The lowest BCUT2D eigenvalue weighted by atomic mass is 10.0. The number of rotatable bonds is 14. The average Bonchev–Trinajstić information content (AvgIpc) is 2.77. The normalized spacial score (nSPS) is 14.1. The van der Waals surface area contributed by atoms with Gasteiger partial charge in [0, 0.05) is 45.7 Å². The quantitative estimate of drug-likeness (QED) is 0.355. The van der Waals surface area contributed by atoms with Crippen LogP contribution in [0, 0.1) is 0 Å². The monoisotopic (exact) mass is 478 g/mol. The van der Waals surface area contributed by atoms with Gasteiger partial charge in [0.2, 0.25) is 5.91 Å². The van der Waals surface area contributed by atoms with Crippen molar-refractivity contribution in [1.29, 1.82) is 0 Å². The molecule has 0 saturated heterocycles. The Morgan fingerprint density at radius 1 is 1.06 bits per heavy atom. The van der Waals surface area contributed by atoms with Crippen molar-refractivity contribution in [2.24, 2.45) is 11.5 Å². The molecule has 0 aliphatic heterocycles. The van der Waals surface area contributed by atoms with Gasteiger partial charge in [-0.3, -0.25) is 9.59 Å². The lowest BCUT2D eigenvalue weighted by Crippen LogP contribution is -2.48. The molecule has 0 heterocycles. The van der Waals surface area contributed by atoms with Gasteiger partial charge in [0.1, 0.15) is 17.8 Å². The standard InChI is InChI=1S/C25H36F2N4O3/c1-17(26)13-20(18(2)27)15-21(28)16-23(32)30(3)11-8-12-31(4)25(34)24(33)22(29)14-19-9-6-5-7-10-19/h5-7,9-10,13,21-22,24,33H,1-2,8,11-12,14-16,28-29H2,3-4H3/b20-13-. The van der Waals surface area contributed by atoms with E-state index in [9.17, 15) is 23.5 Å². The van der Waals surface area contributed by atoms with Crippen molar-refractivity contribution in [3.05, 3.63) is 72.4 Å². The topological polar surface area (TPSA) is 113 Å². The molecule has 0 aliphatic rings. The summed E-state index contributed by atoms with van der Waals surface area (Å²) in [6.45, 7) is 6.85. The van der Waals surface area contributed by atoms with E-state index in [2.05, 4.69) is 13.2 Å². The Hall–Kier alpha value is -2.88. The average molecular weight is 479 g/mol. The van der Waals surface area contributed by atoms with Crippen molar-refractivity contribution in [2.75, 3.05) is 27.2 Å². The molecule has 0 bridgehead atoms. The molecule has 34 heavy (non-hydrogen) atoms. The smallest absolute Gasteiger partial charge is 0.252 e. The number of halogens is 2. The van der Waals surface area contributed by atoms with Gasteiger partial charge >= 0.3 is 0 Å². The van der Waals surface area contributed by atoms with Gasteiger partial charge in [-0.1, -0.05) is 43.5 Å². The second-order valence-electron chi connectivity index (χ2n) is 8.42. The molecular weight excluding hydrogens is 442 g/mol. The van der Waals surface area contributed by atoms with Gasteiger partial charge in [-0.15, -0.1) is 0 Å². The Kier molecular flexibility index (Phi) is 12.3. The molecule has 0 fully saturated rings. The van der Waals surface area contributed by atoms with Crippen LogP contribution in [-0.4, -0.2) is 72.1 Å². The van der Waals surface area contributed by atoms with Crippen LogP contribution in [0.25, 0.3) is 0 Å². The van der Waals surface area contributed by atoms with E-state index in [-0.39, 0.29) is 24.3 Å². The predicted molar refractivity (Wildman–Crippen MR) is 130 cm³/mol. The van der Waals surface area contributed by atoms with Gasteiger partial charge in [0.05, 0.1) is 0 Å². The largest absolute Gasteiger partial charge is 0.382 e.